The first-order chi connectivity index (χ1) is 7.00. The van der Waals surface area contributed by atoms with Crippen molar-refractivity contribution in [1.82, 2.24) is 15.1 Å². The molecular formula is C12H23N3. The van der Waals surface area contributed by atoms with Gasteiger partial charge in [0.2, 0.25) is 0 Å². The summed E-state index contributed by atoms with van der Waals surface area (Å²) in [6, 6.07) is 1.00. The van der Waals surface area contributed by atoms with Gasteiger partial charge in [0, 0.05) is 12.2 Å². The molecule has 0 saturated heterocycles. The standard InChI is InChI=1S/C12H23N3/c1-9(2)13-7-11(4)12(5)15-8-10(3)6-14-15/h6,8-9,11-13H,7H2,1-5H3. The van der Waals surface area contributed by atoms with Crippen molar-refractivity contribution in [2.75, 3.05) is 6.54 Å². The van der Waals surface area contributed by atoms with Crippen molar-refractivity contribution in [3.05, 3.63) is 18.0 Å². The van der Waals surface area contributed by atoms with Crippen LogP contribution in [-0.2, 0) is 0 Å². The molecule has 0 aromatic carbocycles. The van der Waals surface area contributed by atoms with Crippen molar-refractivity contribution in [3.63, 3.8) is 0 Å². The molecule has 3 nitrogen and oxygen atoms in total. The van der Waals surface area contributed by atoms with Gasteiger partial charge in [0.25, 0.3) is 0 Å². The maximum atomic E-state index is 4.35. The second kappa shape index (κ2) is 5.31. The zero-order chi connectivity index (χ0) is 11.4. The molecule has 0 radical (unpaired) electrons. The number of aromatic nitrogens is 2. The molecule has 1 heterocycles. The second-order valence-corrected chi connectivity index (χ2v) is 4.78. The molecule has 0 fully saturated rings. The molecule has 86 valence electrons. The first-order valence-corrected chi connectivity index (χ1v) is 5.75. The highest BCUT2D eigenvalue weighted by Gasteiger charge is 2.14. The molecule has 0 spiro atoms. The summed E-state index contributed by atoms with van der Waals surface area (Å²) in [7, 11) is 0. The van der Waals surface area contributed by atoms with Gasteiger partial charge >= 0.3 is 0 Å². The Morgan fingerprint density at radius 2 is 2.00 bits per heavy atom. The van der Waals surface area contributed by atoms with Gasteiger partial charge in [0.15, 0.2) is 0 Å². The molecule has 0 aliphatic heterocycles. The SMILES string of the molecule is Cc1cnn(C(C)C(C)CNC(C)C)c1. The molecule has 1 aromatic rings. The van der Waals surface area contributed by atoms with Crippen LogP contribution in [-0.4, -0.2) is 22.4 Å². The van der Waals surface area contributed by atoms with Gasteiger partial charge in [0.1, 0.15) is 0 Å². The van der Waals surface area contributed by atoms with Gasteiger partial charge in [-0.15, -0.1) is 0 Å². The summed E-state index contributed by atoms with van der Waals surface area (Å²) < 4.78 is 2.06. The van der Waals surface area contributed by atoms with E-state index < -0.39 is 0 Å². The minimum atomic E-state index is 0.449. The van der Waals surface area contributed by atoms with Crippen LogP contribution in [0.15, 0.2) is 12.4 Å². The highest BCUT2D eigenvalue weighted by Crippen LogP contribution is 2.16. The Balaban J connectivity index is 2.49. The summed E-state index contributed by atoms with van der Waals surface area (Å²) in [5.41, 5.74) is 1.23. The molecule has 2 unspecified atom stereocenters. The van der Waals surface area contributed by atoms with E-state index in [2.05, 4.69) is 55.9 Å². The fourth-order valence-corrected chi connectivity index (χ4v) is 1.51. The number of hydrogen-bond donors (Lipinski definition) is 1. The van der Waals surface area contributed by atoms with Crippen molar-refractivity contribution in [2.24, 2.45) is 5.92 Å². The summed E-state index contributed by atoms with van der Waals surface area (Å²) in [5, 5.41) is 7.81. The molecule has 0 bridgehead atoms. The highest BCUT2D eigenvalue weighted by atomic mass is 15.3. The molecule has 3 heteroatoms. The van der Waals surface area contributed by atoms with E-state index in [1.807, 2.05) is 6.20 Å². The smallest absolute Gasteiger partial charge is 0.0528 e. The Morgan fingerprint density at radius 1 is 1.33 bits per heavy atom. The molecule has 1 aromatic heterocycles. The van der Waals surface area contributed by atoms with E-state index in [-0.39, 0.29) is 0 Å². The predicted octanol–water partition coefficient (Wildman–Crippen LogP) is 2.39. The lowest BCUT2D eigenvalue weighted by molar-refractivity contribution is 0.329. The molecular weight excluding hydrogens is 186 g/mol. The lowest BCUT2D eigenvalue weighted by atomic mass is 10.0. The summed E-state index contributed by atoms with van der Waals surface area (Å²) in [4.78, 5) is 0. The fraction of sp³-hybridized carbons (Fsp3) is 0.750. The third-order valence-electron chi connectivity index (χ3n) is 2.82. The summed E-state index contributed by atoms with van der Waals surface area (Å²) in [6.45, 7) is 12.0. The third kappa shape index (κ3) is 3.67. The van der Waals surface area contributed by atoms with Gasteiger partial charge < -0.3 is 5.32 Å². The number of hydrogen-bond acceptors (Lipinski definition) is 2. The Labute approximate surface area is 92.9 Å². The van der Waals surface area contributed by atoms with Crippen LogP contribution in [0.1, 0.15) is 39.3 Å². The van der Waals surface area contributed by atoms with E-state index in [0.717, 1.165) is 6.54 Å². The van der Waals surface area contributed by atoms with Crippen LogP contribution in [0.3, 0.4) is 0 Å². The van der Waals surface area contributed by atoms with Crippen LogP contribution in [0.5, 0.6) is 0 Å². The fourth-order valence-electron chi connectivity index (χ4n) is 1.51. The van der Waals surface area contributed by atoms with Crippen molar-refractivity contribution in [2.45, 2.75) is 46.7 Å². The molecule has 1 rings (SSSR count). The molecule has 0 aliphatic carbocycles. The average molecular weight is 209 g/mol. The zero-order valence-electron chi connectivity index (χ0n) is 10.5. The average Bonchev–Trinajstić information content (AvgIpc) is 2.60. The largest absolute Gasteiger partial charge is 0.314 e. The minimum absolute atomic E-state index is 0.449. The second-order valence-electron chi connectivity index (χ2n) is 4.78. The van der Waals surface area contributed by atoms with Crippen molar-refractivity contribution in [1.29, 1.82) is 0 Å². The Hall–Kier alpha value is -0.830. The quantitative estimate of drug-likeness (QED) is 0.807. The lowest BCUT2D eigenvalue weighted by Gasteiger charge is -2.22. The van der Waals surface area contributed by atoms with E-state index in [0.29, 0.717) is 18.0 Å². The van der Waals surface area contributed by atoms with E-state index in [9.17, 15) is 0 Å². The number of nitrogens with zero attached hydrogens (tertiary/aromatic N) is 2. The number of rotatable bonds is 5. The van der Waals surface area contributed by atoms with Crippen molar-refractivity contribution in [3.8, 4) is 0 Å². The van der Waals surface area contributed by atoms with Crippen LogP contribution in [0, 0.1) is 12.8 Å². The van der Waals surface area contributed by atoms with Crippen molar-refractivity contribution < 1.29 is 0 Å². The molecule has 2 atom stereocenters. The van der Waals surface area contributed by atoms with E-state index in [4.69, 9.17) is 0 Å². The van der Waals surface area contributed by atoms with E-state index in [1.165, 1.54) is 5.56 Å². The Bertz CT molecular complexity index is 291. The summed E-state index contributed by atoms with van der Waals surface area (Å²) in [5.74, 6) is 0.590. The topological polar surface area (TPSA) is 29.9 Å². The van der Waals surface area contributed by atoms with Gasteiger partial charge in [-0.2, -0.15) is 5.10 Å². The normalized spacial score (nSPS) is 15.6. The van der Waals surface area contributed by atoms with Crippen LogP contribution >= 0.6 is 0 Å². The summed E-state index contributed by atoms with van der Waals surface area (Å²) >= 11 is 0. The first-order valence-electron chi connectivity index (χ1n) is 5.75. The Kier molecular flexibility index (Phi) is 4.33. The molecule has 15 heavy (non-hydrogen) atoms. The maximum absolute atomic E-state index is 4.35. The van der Waals surface area contributed by atoms with E-state index >= 15 is 0 Å². The maximum Gasteiger partial charge on any atom is 0.0528 e. The van der Waals surface area contributed by atoms with Gasteiger partial charge in [-0.05, 0) is 31.9 Å². The molecule has 0 saturated carbocycles. The lowest BCUT2D eigenvalue weighted by Crippen LogP contribution is -2.31. The van der Waals surface area contributed by atoms with Gasteiger partial charge in [-0.3, -0.25) is 4.68 Å². The number of aryl methyl sites for hydroxylation is 1. The zero-order valence-corrected chi connectivity index (χ0v) is 10.5. The van der Waals surface area contributed by atoms with Crippen LogP contribution in [0.25, 0.3) is 0 Å². The third-order valence-corrected chi connectivity index (χ3v) is 2.82. The highest BCUT2D eigenvalue weighted by molar-refractivity contribution is 5.00. The van der Waals surface area contributed by atoms with Crippen molar-refractivity contribution >= 4 is 0 Å². The summed E-state index contributed by atoms with van der Waals surface area (Å²) in [6.07, 6.45) is 4.02. The van der Waals surface area contributed by atoms with Crippen LogP contribution in [0.4, 0.5) is 0 Å². The minimum Gasteiger partial charge on any atom is -0.314 e. The molecule has 0 amide bonds. The first kappa shape index (κ1) is 12.2. The Morgan fingerprint density at radius 3 is 2.47 bits per heavy atom. The van der Waals surface area contributed by atoms with E-state index in [1.54, 1.807) is 0 Å². The molecule has 1 N–H and O–H groups in total. The van der Waals surface area contributed by atoms with Gasteiger partial charge in [0.05, 0.1) is 12.2 Å². The van der Waals surface area contributed by atoms with Crippen LogP contribution in [0.2, 0.25) is 0 Å². The predicted molar refractivity (Wildman–Crippen MR) is 64.0 cm³/mol. The van der Waals surface area contributed by atoms with Gasteiger partial charge in [-0.25, -0.2) is 0 Å². The number of nitrogens with one attached hydrogen (secondary N) is 1. The van der Waals surface area contributed by atoms with Crippen LogP contribution < -0.4 is 5.32 Å². The monoisotopic (exact) mass is 209 g/mol. The van der Waals surface area contributed by atoms with Gasteiger partial charge in [-0.1, -0.05) is 20.8 Å². The molecule has 0 aliphatic rings.